The molecule has 3 amide bonds. The summed E-state index contributed by atoms with van der Waals surface area (Å²) < 4.78 is 13.4. The van der Waals surface area contributed by atoms with Gasteiger partial charge in [-0.15, -0.1) is 11.8 Å². The average molecular weight is 375 g/mol. The zero-order valence-electron chi connectivity index (χ0n) is 14.0. The summed E-state index contributed by atoms with van der Waals surface area (Å²) in [6.07, 6.45) is 0. The van der Waals surface area contributed by atoms with E-state index in [1.165, 1.54) is 25.2 Å². The van der Waals surface area contributed by atoms with Crippen LogP contribution in [0.3, 0.4) is 0 Å². The van der Waals surface area contributed by atoms with Crippen LogP contribution >= 0.6 is 11.8 Å². The highest BCUT2D eigenvalue weighted by atomic mass is 32.2. The first-order valence-corrected chi connectivity index (χ1v) is 8.89. The van der Waals surface area contributed by atoms with Gasteiger partial charge in [0.05, 0.1) is 17.2 Å². The van der Waals surface area contributed by atoms with Crippen molar-refractivity contribution >= 4 is 40.9 Å². The van der Waals surface area contributed by atoms with E-state index in [4.69, 9.17) is 0 Å². The van der Waals surface area contributed by atoms with Gasteiger partial charge in [0.25, 0.3) is 5.91 Å². The van der Waals surface area contributed by atoms with Crippen LogP contribution in [0.15, 0.2) is 48.5 Å². The molecule has 2 aromatic carbocycles. The highest BCUT2D eigenvalue weighted by Gasteiger charge is 2.09. The van der Waals surface area contributed by atoms with E-state index in [0.717, 1.165) is 11.8 Å². The van der Waals surface area contributed by atoms with Gasteiger partial charge in [-0.3, -0.25) is 14.4 Å². The molecule has 0 spiro atoms. The Morgan fingerprint density at radius 1 is 0.923 bits per heavy atom. The van der Waals surface area contributed by atoms with Gasteiger partial charge < -0.3 is 16.0 Å². The van der Waals surface area contributed by atoms with Crippen molar-refractivity contribution in [1.82, 2.24) is 5.32 Å². The lowest BCUT2D eigenvalue weighted by Gasteiger charge is -2.07. The summed E-state index contributed by atoms with van der Waals surface area (Å²) in [5.41, 5.74) is 1.16. The minimum absolute atomic E-state index is 0.0252. The number of anilines is 2. The van der Waals surface area contributed by atoms with Crippen LogP contribution in [0.1, 0.15) is 10.4 Å². The third kappa shape index (κ3) is 5.89. The minimum atomic E-state index is -0.510. The van der Waals surface area contributed by atoms with Crippen LogP contribution in [0.5, 0.6) is 0 Å². The first-order valence-electron chi connectivity index (χ1n) is 7.73. The largest absolute Gasteiger partial charge is 0.355 e. The maximum absolute atomic E-state index is 13.4. The predicted molar refractivity (Wildman–Crippen MR) is 101 cm³/mol. The highest BCUT2D eigenvalue weighted by molar-refractivity contribution is 8.00. The topological polar surface area (TPSA) is 87.3 Å². The third-order valence-corrected chi connectivity index (χ3v) is 4.20. The molecule has 0 aliphatic carbocycles. The molecule has 2 rings (SSSR count). The molecular weight excluding hydrogens is 357 g/mol. The second-order valence-corrected chi connectivity index (χ2v) is 6.21. The van der Waals surface area contributed by atoms with Gasteiger partial charge >= 0.3 is 0 Å². The molecule has 0 unspecified atom stereocenters. The molecule has 0 radical (unpaired) electrons. The van der Waals surface area contributed by atoms with Gasteiger partial charge in [-0.05, 0) is 36.4 Å². The Hall–Kier alpha value is -2.87. The van der Waals surface area contributed by atoms with Crippen LogP contribution in [0.2, 0.25) is 0 Å². The van der Waals surface area contributed by atoms with Crippen molar-refractivity contribution in [1.29, 1.82) is 0 Å². The number of halogens is 1. The number of carbonyl (C=O) groups excluding carboxylic acids is 3. The zero-order chi connectivity index (χ0) is 18.9. The summed E-state index contributed by atoms with van der Waals surface area (Å²) in [6, 6.07) is 12.3. The smallest absolute Gasteiger partial charge is 0.251 e. The Kier molecular flexibility index (Phi) is 7.16. The molecule has 0 saturated carbocycles. The number of carbonyl (C=O) groups is 3. The molecule has 0 saturated heterocycles. The van der Waals surface area contributed by atoms with Crippen LogP contribution in [-0.2, 0) is 9.59 Å². The number of nitrogens with one attached hydrogen (secondary N) is 3. The van der Waals surface area contributed by atoms with Crippen molar-refractivity contribution in [2.45, 2.75) is 0 Å². The summed E-state index contributed by atoms with van der Waals surface area (Å²) in [4.78, 5) is 35.1. The molecule has 2 aromatic rings. The fraction of sp³-hybridized carbons (Fsp3) is 0.167. The third-order valence-electron chi connectivity index (χ3n) is 3.27. The normalized spacial score (nSPS) is 10.1. The second-order valence-electron chi connectivity index (χ2n) is 5.23. The van der Waals surface area contributed by atoms with Crippen molar-refractivity contribution in [3.8, 4) is 0 Å². The molecule has 0 bridgehead atoms. The highest BCUT2D eigenvalue weighted by Crippen LogP contribution is 2.14. The van der Waals surface area contributed by atoms with Crippen LogP contribution < -0.4 is 16.0 Å². The second kappa shape index (κ2) is 9.57. The van der Waals surface area contributed by atoms with Crippen molar-refractivity contribution in [3.05, 3.63) is 59.9 Å². The van der Waals surface area contributed by atoms with E-state index in [2.05, 4.69) is 16.0 Å². The number of para-hydroxylation sites is 1. The number of amides is 3. The van der Waals surface area contributed by atoms with Gasteiger partial charge in [0, 0.05) is 18.3 Å². The summed E-state index contributed by atoms with van der Waals surface area (Å²) in [5.74, 6) is -1.29. The van der Waals surface area contributed by atoms with Crippen molar-refractivity contribution in [2.75, 3.05) is 29.2 Å². The Balaban J connectivity index is 1.74. The van der Waals surface area contributed by atoms with E-state index in [1.807, 2.05) is 0 Å². The lowest BCUT2D eigenvalue weighted by Crippen LogP contribution is -2.19. The Morgan fingerprint density at radius 3 is 2.15 bits per heavy atom. The Bertz CT molecular complexity index is 797. The Morgan fingerprint density at radius 2 is 1.54 bits per heavy atom. The molecule has 3 N–H and O–H groups in total. The molecule has 6 nitrogen and oxygen atoms in total. The van der Waals surface area contributed by atoms with Crippen molar-refractivity contribution < 1.29 is 18.8 Å². The summed E-state index contributed by atoms with van der Waals surface area (Å²) in [7, 11) is 1.54. The summed E-state index contributed by atoms with van der Waals surface area (Å²) in [5, 5.41) is 7.64. The number of hydrogen-bond acceptors (Lipinski definition) is 4. The van der Waals surface area contributed by atoms with Crippen LogP contribution in [-0.4, -0.2) is 36.3 Å². The summed E-state index contributed by atoms with van der Waals surface area (Å²) in [6.45, 7) is 0. The maximum atomic E-state index is 13.4. The van der Waals surface area contributed by atoms with Crippen LogP contribution in [0.4, 0.5) is 15.8 Å². The van der Waals surface area contributed by atoms with Gasteiger partial charge in [0.2, 0.25) is 11.8 Å². The molecule has 26 heavy (non-hydrogen) atoms. The van der Waals surface area contributed by atoms with Gasteiger partial charge in [-0.1, -0.05) is 12.1 Å². The zero-order valence-corrected chi connectivity index (χ0v) is 14.9. The van der Waals surface area contributed by atoms with Gasteiger partial charge in [-0.2, -0.15) is 0 Å². The molecule has 136 valence electrons. The molecule has 0 aliphatic rings. The van der Waals surface area contributed by atoms with Gasteiger partial charge in [0.15, 0.2) is 0 Å². The van der Waals surface area contributed by atoms with E-state index >= 15 is 0 Å². The number of rotatable bonds is 7. The minimum Gasteiger partial charge on any atom is -0.355 e. The fourth-order valence-electron chi connectivity index (χ4n) is 2.03. The standard InChI is InChI=1S/C18H18FN3O3S/c1-20-18(25)12-6-8-13(9-7-12)21-16(23)10-26-11-17(24)22-15-5-3-2-4-14(15)19/h2-9H,10-11H2,1H3,(H,20,25)(H,21,23)(H,22,24). The molecule has 0 atom stereocenters. The lowest BCUT2D eigenvalue weighted by atomic mass is 10.2. The van der Waals surface area contributed by atoms with E-state index in [1.54, 1.807) is 30.3 Å². The lowest BCUT2D eigenvalue weighted by molar-refractivity contribution is -0.114. The van der Waals surface area contributed by atoms with E-state index in [-0.39, 0.29) is 34.9 Å². The molecule has 0 aliphatic heterocycles. The monoisotopic (exact) mass is 375 g/mol. The number of thioether (sulfide) groups is 1. The van der Waals surface area contributed by atoms with Crippen LogP contribution in [0.25, 0.3) is 0 Å². The van der Waals surface area contributed by atoms with E-state index in [0.29, 0.717) is 11.3 Å². The number of benzene rings is 2. The molecular formula is C18H18FN3O3S. The van der Waals surface area contributed by atoms with Crippen LogP contribution in [0, 0.1) is 5.82 Å². The van der Waals surface area contributed by atoms with Gasteiger partial charge in [0.1, 0.15) is 5.82 Å². The van der Waals surface area contributed by atoms with E-state index in [9.17, 15) is 18.8 Å². The summed E-state index contributed by atoms with van der Waals surface area (Å²) >= 11 is 1.11. The van der Waals surface area contributed by atoms with E-state index < -0.39 is 5.82 Å². The molecule has 8 heteroatoms. The SMILES string of the molecule is CNC(=O)c1ccc(NC(=O)CSCC(=O)Nc2ccccc2F)cc1. The molecule has 0 fully saturated rings. The molecule has 0 heterocycles. The van der Waals surface area contributed by atoms with Crippen molar-refractivity contribution in [3.63, 3.8) is 0 Å². The first-order chi connectivity index (χ1) is 12.5. The maximum Gasteiger partial charge on any atom is 0.251 e. The quantitative estimate of drug-likeness (QED) is 0.694. The fourth-order valence-corrected chi connectivity index (χ4v) is 2.65. The predicted octanol–water partition coefficient (Wildman–Crippen LogP) is 2.50. The Labute approximate surface area is 154 Å². The van der Waals surface area contributed by atoms with Gasteiger partial charge in [-0.25, -0.2) is 4.39 Å². The number of hydrogen-bond donors (Lipinski definition) is 3. The van der Waals surface area contributed by atoms with Crippen molar-refractivity contribution in [2.24, 2.45) is 0 Å². The molecule has 0 aromatic heterocycles. The average Bonchev–Trinajstić information content (AvgIpc) is 2.63. The first kappa shape index (κ1) is 19.5.